The summed E-state index contributed by atoms with van der Waals surface area (Å²) in [6, 6.07) is 3.68. The number of methoxy groups -OCH3 is 3. The van der Waals surface area contributed by atoms with Gasteiger partial charge in [0.05, 0.1) is 27.2 Å². The average Bonchev–Trinajstić information content (AvgIpc) is 3.09. The van der Waals surface area contributed by atoms with Crippen molar-refractivity contribution >= 4 is 17.5 Å². The predicted molar refractivity (Wildman–Crippen MR) is 101 cm³/mol. The van der Waals surface area contributed by atoms with Crippen LogP contribution in [0.1, 0.15) is 38.5 Å². The van der Waals surface area contributed by atoms with Gasteiger partial charge in [-0.1, -0.05) is 19.3 Å². The van der Waals surface area contributed by atoms with Crippen molar-refractivity contribution in [2.45, 2.75) is 44.6 Å². The molecule has 1 saturated carbocycles. The van der Waals surface area contributed by atoms with Crippen LogP contribution in [-0.4, -0.2) is 50.6 Å². The number of rotatable bonds is 6. The monoisotopic (exact) mass is 376 g/mol. The number of anilines is 1. The third-order valence-electron chi connectivity index (χ3n) is 5.48. The van der Waals surface area contributed by atoms with Crippen LogP contribution in [0.5, 0.6) is 17.2 Å². The lowest BCUT2D eigenvalue weighted by Gasteiger charge is -2.31. The summed E-state index contributed by atoms with van der Waals surface area (Å²) < 4.78 is 15.9. The van der Waals surface area contributed by atoms with Crippen molar-refractivity contribution < 1.29 is 23.8 Å². The first-order valence-electron chi connectivity index (χ1n) is 9.47. The van der Waals surface area contributed by atoms with Gasteiger partial charge >= 0.3 is 0 Å². The molecule has 0 aromatic heterocycles. The lowest BCUT2D eigenvalue weighted by atomic mass is 9.94. The Balaban J connectivity index is 1.69. The number of carbonyl (C=O) groups excluding carboxylic acids is 2. The van der Waals surface area contributed by atoms with Crippen LogP contribution in [-0.2, 0) is 9.59 Å². The molecule has 2 fully saturated rings. The lowest BCUT2D eigenvalue weighted by molar-refractivity contribution is -0.130. The van der Waals surface area contributed by atoms with Crippen molar-refractivity contribution in [3.8, 4) is 17.2 Å². The van der Waals surface area contributed by atoms with Crippen LogP contribution in [0.2, 0.25) is 0 Å². The highest BCUT2D eigenvalue weighted by atomic mass is 16.5. The van der Waals surface area contributed by atoms with Gasteiger partial charge in [0.15, 0.2) is 11.5 Å². The predicted octanol–water partition coefficient (Wildman–Crippen LogP) is 2.83. The van der Waals surface area contributed by atoms with Crippen LogP contribution in [0.4, 0.5) is 5.69 Å². The van der Waals surface area contributed by atoms with E-state index in [2.05, 4.69) is 5.32 Å². The molecule has 0 unspecified atom stereocenters. The van der Waals surface area contributed by atoms with Crippen molar-refractivity contribution in [1.29, 1.82) is 0 Å². The number of nitrogens with zero attached hydrogens (tertiary/aromatic N) is 1. The van der Waals surface area contributed by atoms with Gasteiger partial charge in [-0.05, 0) is 12.8 Å². The second-order valence-corrected chi connectivity index (χ2v) is 7.14. The maximum atomic E-state index is 12.7. The minimum atomic E-state index is -0.335. The van der Waals surface area contributed by atoms with Crippen molar-refractivity contribution in [3.63, 3.8) is 0 Å². The average molecular weight is 376 g/mol. The Morgan fingerprint density at radius 2 is 1.67 bits per heavy atom. The van der Waals surface area contributed by atoms with Crippen LogP contribution < -0.4 is 19.5 Å². The molecule has 1 aromatic carbocycles. The first kappa shape index (κ1) is 19.3. The van der Waals surface area contributed by atoms with Crippen molar-refractivity contribution in [2.75, 3.05) is 33.2 Å². The van der Waals surface area contributed by atoms with E-state index in [0.29, 0.717) is 35.5 Å². The fourth-order valence-corrected chi connectivity index (χ4v) is 4.05. The summed E-state index contributed by atoms with van der Waals surface area (Å²) in [5.74, 6) is 1.01. The first-order valence-corrected chi connectivity index (χ1v) is 9.47. The standard InChI is InChI=1S/C20H28N2O5/c1-25-16-10-14(11-17(26-2)19(16)27-3)21-20(24)13-9-18(23)22(12-13)15-7-5-4-6-8-15/h10-11,13,15H,4-9,12H2,1-3H3,(H,21,24)/t13-/m0/s1. The molecule has 0 radical (unpaired) electrons. The Labute approximate surface area is 160 Å². The third kappa shape index (κ3) is 4.12. The quantitative estimate of drug-likeness (QED) is 0.826. The molecule has 148 valence electrons. The Morgan fingerprint density at radius 1 is 1.04 bits per heavy atom. The molecule has 2 aliphatic rings. The number of carbonyl (C=O) groups is 2. The van der Waals surface area contributed by atoms with E-state index in [1.165, 1.54) is 27.8 Å². The molecule has 3 rings (SSSR count). The number of hydrogen-bond acceptors (Lipinski definition) is 5. The molecule has 0 bridgehead atoms. The summed E-state index contributed by atoms with van der Waals surface area (Å²) in [7, 11) is 4.59. The number of ether oxygens (including phenoxy) is 3. The summed E-state index contributed by atoms with van der Waals surface area (Å²) in [6.07, 6.45) is 5.93. The molecule has 7 nitrogen and oxygen atoms in total. The van der Waals surface area contributed by atoms with E-state index in [4.69, 9.17) is 14.2 Å². The van der Waals surface area contributed by atoms with Crippen molar-refractivity contribution in [1.82, 2.24) is 4.90 Å². The zero-order chi connectivity index (χ0) is 19.4. The lowest BCUT2D eigenvalue weighted by Crippen LogP contribution is -2.38. The Bertz CT molecular complexity index is 675. The minimum absolute atomic E-state index is 0.0898. The Morgan fingerprint density at radius 3 is 2.22 bits per heavy atom. The van der Waals surface area contributed by atoms with Gasteiger partial charge < -0.3 is 24.4 Å². The third-order valence-corrected chi connectivity index (χ3v) is 5.48. The molecule has 1 atom stereocenters. The SMILES string of the molecule is COc1cc(NC(=O)[C@H]2CC(=O)N(C3CCCCC3)C2)cc(OC)c1OC. The second-order valence-electron chi connectivity index (χ2n) is 7.14. The molecule has 1 aliphatic heterocycles. The van der Waals surface area contributed by atoms with Gasteiger partial charge in [-0.15, -0.1) is 0 Å². The number of amides is 2. The van der Waals surface area contributed by atoms with Crippen LogP contribution in [0, 0.1) is 5.92 Å². The summed E-state index contributed by atoms with van der Waals surface area (Å²) in [4.78, 5) is 27.1. The van der Waals surface area contributed by atoms with E-state index in [1.54, 1.807) is 12.1 Å². The van der Waals surface area contributed by atoms with Gasteiger partial charge in [-0.3, -0.25) is 9.59 Å². The van der Waals surface area contributed by atoms with Crippen molar-refractivity contribution in [2.24, 2.45) is 5.92 Å². The van der Waals surface area contributed by atoms with E-state index in [9.17, 15) is 9.59 Å². The molecule has 0 spiro atoms. The Hall–Kier alpha value is -2.44. The van der Waals surface area contributed by atoms with E-state index in [1.807, 2.05) is 4.90 Å². The van der Waals surface area contributed by atoms with E-state index < -0.39 is 0 Å². The molecule has 1 N–H and O–H groups in total. The van der Waals surface area contributed by atoms with Gasteiger partial charge in [0.25, 0.3) is 0 Å². The van der Waals surface area contributed by atoms with Crippen molar-refractivity contribution in [3.05, 3.63) is 12.1 Å². The van der Waals surface area contributed by atoms with Crippen LogP contribution in [0.3, 0.4) is 0 Å². The Kier molecular flexibility index (Phi) is 6.08. The minimum Gasteiger partial charge on any atom is -0.493 e. The molecule has 7 heteroatoms. The number of nitrogens with one attached hydrogen (secondary N) is 1. The topological polar surface area (TPSA) is 77.1 Å². The highest BCUT2D eigenvalue weighted by Gasteiger charge is 2.38. The molecule has 1 aliphatic carbocycles. The van der Waals surface area contributed by atoms with Gasteiger partial charge in [0.1, 0.15) is 0 Å². The molecule has 1 aromatic rings. The maximum Gasteiger partial charge on any atom is 0.229 e. The summed E-state index contributed by atoms with van der Waals surface area (Å²) in [6.45, 7) is 0.500. The summed E-state index contributed by atoms with van der Waals surface area (Å²) in [5, 5.41) is 2.90. The van der Waals surface area contributed by atoms with Crippen LogP contribution in [0.15, 0.2) is 12.1 Å². The molecule has 1 saturated heterocycles. The molecule has 1 heterocycles. The fourth-order valence-electron chi connectivity index (χ4n) is 4.05. The van der Waals surface area contributed by atoms with E-state index >= 15 is 0 Å². The summed E-state index contributed by atoms with van der Waals surface area (Å²) >= 11 is 0. The number of hydrogen-bond donors (Lipinski definition) is 1. The molecular weight excluding hydrogens is 348 g/mol. The van der Waals surface area contributed by atoms with Gasteiger partial charge in [-0.2, -0.15) is 0 Å². The van der Waals surface area contributed by atoms with Gasteiger partial charge in [0.2, 0.25) is 17.6 Å². The van der Waals surface area contributed by atoms with E-state index in [0.717, 1.165) is 25.7 Å². The van der Waals surface area contributed by atoms with E-state index in [-0.39, 0.29) is 24.2 Å². The zero-order valence-corrected chi connectivity index (χ0v) is 16.2. The first-order chi connectivity index (χ1) is 13.1. The van der Waals surface area contributed by atoms with Gasteiger partial charge in [0, 0.05) is 36.8 Å². The number of likely N-dealkylation sites (tertiary alicyclic amines) is 1. The normalized spacial score (nSPS) is 20.5. The maximum absolute atomic E-state index is 12.7. The highest BCUT2D eigenvalue weighted by Crippen LogP contribution is 2.40. The molecule has 27 heavy (non-hydrogen) atoms. The number of benzene rings is 1. The zero-order valence-electron chi connectivity index (χ0n) is 16.2. The molecular formula is C20H28N2O5. The fraction of sp³-hybridized carbons (Fsp3) is 0.600. The molecule has 2 amide bonds. The van der Waals surface area contributed by atoms with Gasteiger partial charge in [-0.25, -0.2) is 0 Å². The highest BCUT2D eigenvalue weighted by molar-refractivity contribution is 5.97. The largest absolute Gasteiger partial charge is 0.493 e. The smallest absolute Gasteiger partial charge is 0.229 e. The summed E-state index contributed by atoms with van der Waals surface area (Å²) in [5.41, 5.74) is 0.554. The second kappa shape index (κ2) is 8.50. The van der Waals surface area contributed by atoms with Crippen LogP contribution >= 0.6 is 0 Å². The van der Waals surface area contributed by atoms with Crippen LogP contribution in [0.25, 0.3) is 0 Å².